The van der Waals surface area contributed by atoms with E-state index in [1.807, 2.05) is 69.3 Å². The zero-order chi connectivity index (χ0) is 44.2. The average molecular weight is 846 g/mol. The second-order valence-corrected chi connectivity index (χ2v) is 23.5. The summed E-state index contributed by atoms with van der Waals surface area (Å²) in [4.78, 5) is 17.7. The summed E-state index contributed by atoms with van der Waals surface area (Å²) in [5.41, 5.74) is 3.24. The van der Waals surface area contributed by atoms with Crippen LogP contribution in [-0.4, -0.2) is 72.0 Å². The molecule has 2 saturated heterocycles. The minimum absolute atomic E-state index is 0.0137. The van der Waals surface area contributed by atoms with E-state index >= 15 is 0 Å². The first-order chi connectivity index (χ1) is 28.1. The van der Waals surface area contributed by atoms with Gasteiger partial charge in [0.2, 0.25) is 0 Å². The molecule has 3 aromatic carbocycles. The van der Waals surface area contributed by atoms with Crippen molar-refractivity contribution >= 4 is 14.3 Å². The zero-order valence-corrected chi connectivity index (χ0v) is 39.2. The van der Waals surface area contributed by atoms with Gasteiger partial charge < -0.3 is 42.3 Å². The molecule has 328 valence electrons. The van der Waals surface area contributed by atoms with E-state index in [9.17, 15) is 4.79 Å². The van der Waals surface area contributed by atoms with Crippen molar-refractivity contribution < 1.29 is 47.1 Å². The summed E-state index contributed by atoms with van der Waals surface area (Å²) in [5.74, 6) is 0.764. The summed E-state index contributed by atoms with van der Waals surface area (Å²) in [7, 11) is 2.47. The molecular formula is C48H67NO10Si. The Morgan fingerprint density at radius 3 is 1.90 bits per heavy atom. The molecule has 60 heavy (non-hydrogen) atoms. The Morgan fingerprint density at radius 1 is 0.867 bits per heavy atom. The third kappa shape index (κ3) is 10.8. The van der Waals surface area contributed by atoms with Crippen LogP contribution < -0.4 is 18.9 Å². The number of nitrogens with zero attached hydrogens (tertiary/aromatic N) is 1. The number of rotatable bonds is 15. The maximum Gasteiger partial charge on any atom is 0.341 e. The molecule has 2 fully saturated rings. The van der Waals surface area contributed by atoms with E-state index in [4.69, 9.17) is 48.9 Å². The van der Waals surface area contributed by atoms with Gasteiger partial charge in [0.05, 0.1) is 52.2 Å². The minimum atomic E-state index is -2.17. The fraction of sp³-hybridized carbons (Fsp3) is 0.583. The lowest BCUT2D eigenvalue weighted by Crippen LogP contribution is -2.58. The van der Waals surface area contributed by atoms with Crippen molar-refractivity contribution in [3.05, 3.63) is 93.8 Å². The summed E-state index contributed by atoms with van der Waals surface area (Å²) >= 11 is 0. The molecule has 0 bridgehead atoms. The molecule has 6 atom stereocenters. The summed E-state index contributed by atoms with van der Waals surface area (Å²) in [5, 5.41) is 0.0137. The third-order valence-electron chi connectivity index (χ3n) is 12.8. The number of carbonyl (C=O) groups excluding carboxylic acids is 1. The van der Waals surface area contributed by atoms with Crippen LogP contribution in [0.4, 0.5) is 0 Å². The third-order valence-corrected chi connectivity index (χ3v) is 17.3. The van der Waals surface area contributed by atoms with Gasteiger partial charge in [-0.05, 0) is 85.4 Å². The van der Waals surface area contributed by atoms with Crippen molar-refractivity contribution in [3.63, 3.8) is 0 Å². The first kappa shape index (κ1) is 46.9. The lowest BCUT2D eigenvalue weighted by Gasteiger charge is -2.51. The number of esters is 1. The van der Waals surface area contributed by atoms with Crippen LogP contribution in [0.5, 0.6) is 23.0 Å². The van der Waals surface area contributed by atoms with Gasteiger partial charge in [0, 0.05) is 30.2 Å². The van der Waals surface area contributed by atoms with Crippen LogP contribution in [0, 0.1) is 24.8 Å². The van der Waals surface area contributed by atoms with Gasteiger partial charge in [-0.1, -0.05) is 65.8 Å². The SMILES string of the molecule is [C-]#[N+][C@@H]1C[C@@H](O[Si](C)(C)C(C)(C)C)C(C)(C)[C@@H](C[C@@H]2OC(C)(C)O[C@H](Cc3c(C)c(OCc4ccc(OC)cc4)cc(OCc4ccc(OC)cc4)c3C(=O)OC)[C@@H]2C)O1. The van der Waals surface area contributed by atoms with E-state index in [0.29, 0.717) is 41.9 Å². The Hall–Kier alpha value is -4.12. The quantitative estimate of drug-likeness (QED) is 0.0834. The lowest BCUT2D eigenvalue weighted by atomic mass is 9.73. The Labute approximate surface area is 359 Å². The molecular weight excluding hydrogens is 779 g/mol. The number of methoxy groups -OCH3 is 3. The zero-order valence-electron chi connectivity index (χ0n) is 38.2. The van der Waals surface area contributed by atoms with Crippen molar-refractivity contribution in [1.29, 1.82) is 0 Å². The van der Waals surface area contributed by atoms with E-state index in [2.05, 4.69) is 59.5 Å². The molecule has 0 amide bonds. The largest absolute Gasteiger partial charge is 0.497 e. The van der Waals surface area contributed by atoms with Crippen LogP contribution >= 0.6 is 0 Å². The molecule has 0 aliphatic carbocycles. The van der Waals surface area contributed by atoms with Crippen molar-refractivity contribution in [2.45, 2.75) is 149 Å². The Bertz CT molecular complexity index is 1960. The minimum Gasteiger partial charge on any atom is -0.497 e. The van der Waals surface area contributed by atoms with Crippen molar-refractivity contribution in [3.8, 4) is 23.0 Å². The number of carbonyl (C=O) groups is 1. The average Bonchev–Trinajstić information content (AvgIpc) is 3.20. The van der Waals surface area contributed by atoms with Crippen LogP contribution in [0.15, 0.2) is 54.6 Å². The summed E-state index contributed by atoms with van der Waals surface area (Å²) in [6, 6.07) is 17.1. The van der Waals surface area contributed by atoms with Gasteiger partial charge >= 0.3 is 12.2 Å². The van der Waals surface area contributed by atoms with Crippen molar-refractivity contribution in [2.24, 2.45) is 11.3 Å². The summed E-state index contributed by atoms with van der Waals surface area (Å²) in [6.45, 7) is 32.0. The van der Waals surface area contributed by atoms with E-state index in [0.717, 1.165) is 28.2 Å². The Kier molecular flexibility index (Phi) is 14.8. The second-order valence-electron chi connectivity index (χ2n) is 18.8. The van der Waals surface area contributed by atoms with E-state index in [-0.39, 0.29) is 42.5 Å². The summed E-state index contributed by atoms with van der Waals surface area (Å²) in [6.07, 6.45) is -0.384. The van der Waals surface area contributed by atoms with Crippen molar-refractivity contribution in [1.82, 2.24) is 0 Å². The summed E-state index contributed by atoms with van der Waals surface area (Å²) < 4.78 is 56.2. The standard InChI is InChI=1S/C48H67NO10Si/c1-30-36(24-38-31(2)39(58-48(8,9)57-38)26-41-47(6,7)42(27-43(49-10)56-41)59-60(14,15)46(3,4)5)44(45(50)53-13)40(55-29-33-18-22-35(52-12)23-19-33)25-37(30)54-28-32-16-20-34(51-11)21-17-32/h16-23,25,31,38-39,41-43H,24,26-29H2,1-9,11-15H3/t31-,38+,39-,41+,42+,43-/m0/s1. The first-order valence-corrected chi connectivity index (χ1v) is 23.9. The molecule has 2 heterocycles. The molecule has 0 unspecified atom stereocenters. The first-order valence-electron chi connectivity index (χ1n) is 20.9. The van der Waals surface area contributed by atoms with Crippen LogP contribution in [-0.2, 0) is 43.0 Å². The van der Waals surface area contributed by atoms with Gasteiger partial charge in [-0.3, -0.25) is 4.85 Å². The van der Waals surface area contributed by atoms with Gasteiger partial charge in [0.15, 0.2) is 14.1 Å². The molecule has 5 rings (SSSR count). The van der Waals surface area contributed by atoms with Crippen LogP contribution in [0.1, 0.15) is 101 Å². The van der Waals surface area contributed by atoms with Crippen molar-refractivity contribution in [2.75, 3.05) is 21.3 Å². The highest BCUT2D eigenvalue weighted by atomic mass is 28.4. The molecule has 0 spiro atoms. The lowest BCUT2D eigenvalue weighted by molar-refractivity contribution is -0.325. The molecule has 11 nitrogen and oxygen atoms in total. The predicted molar refractivity (Wildman–Crippen MR) is 234 cm³/mol. The topological polar surface area (TPSA) is 105 Å². The molecule has 2 aliphatic rings. The monoisotopic (exact) mass is 845 g/mol. The van der Waals surface area contributed by atoms with Gasteiger partial charge in [0.25, 0.3) is 0 Å². The van der Waals surface area contributed by atoms with Crippen LogP contribution in [0.3, 0.4) is 0 Å². The van der Waals surface area contributed by atoms with E-state index in [1.54, 1.807) is 20.3 Å². The highest BCUT2D eigenvalue weighted by Gasteiger charge is 2.53. The van der Waals surface area contributed by atoms with E-state index in [1.165, 1.54) is 7.11 Å². The molecule has 0 aromatic heterocycles. The maximum absolute atomic E-state index is 13.9. The Morgan fingerprint density at radius 2 is 1.40 bits per heavy atom. The van der Waals surface area contributed by atoms with Crippen LogP contribution in [0.2, 0.25) is 18.1 Å². The number of benzene rings is 3. The molecule has 0 radical (unpaired) electrons. The fourth-order valence-corrected chi connectivity index (χ4v) is 9.26. The van der Waals surface area contributed by atoms with E-state index < -0.39 is 37.8 Å². The smallest absolute Gasteiger partial charge is 0.341 e. The highest BCUT2D eigenvalue weighted by molar-refractivity contribution is 6.74. The molecule has 12 heteroatoms. The highest BCUT2D eigenvalue weighted by Crippen LogP contribution is 2.48. The molecule has 3 aromatic rings. The fourth-order valence-electron chi connectivity index (χ4n) is 7.80. The predicted octanol–water partition coefficient (Wildman–Crippen LogP) is 10.5. The second kappa shape index (κ2) is 18.9. The van der Waals surface area contributed by atoms with Crippen LogP contribution in [0.25, 0.3) is 4.85 Å². The number of ether oxygens (including phenoxy) is 8. The molecule has 0 N–H and O–H groups in total. The molecule has 2 aliphatic heterocycles. The maximum atomic E-state index is 13.9. The Balaban J connectivity index is 1.50. The number of hydrogen-bond donors (Lipinski definition) is 0. The molecule has 0 saturated carbocycles. The van der Waals surface area contributed by atoms with Gasteiger partial charge in [-0.2, -0.15) is 0 Å². The normalized spacial score (nSPS) is 23.9. The van der Waals surface area contributed by atoms with Gasteiger partial charge in [-0.15, -0.1) is 0 Å². The number of hydrogen-bond acceptors (Lipinski definition) is 10. The van der Waals surface area contributed by atoms with Gasteiger partial charge in [-0.25, -0.2) is 11.4 Å². The van der Waals surface area contributed by atoms with Gasteiger partial charge in [0.1, 0.15) is 41.8 Å².